The molecule has 1 aromatic carbocycles. The predicted molar refractivity (Wildman–Crippen MR) is 72.4 cm³/mol. The van der Waals surface area contributed by atoms with Crippen LogP contribution in [0.1, 0.15) is 23.7 Å². The highest BCUT2D eigenvalue weighted by molar-refractivity contribution is 7.89. The van der Waals surface area contributed by atoms with Gasteiger partial charge in [0.05, 0.1) is 17.6 Å². The number of sulfonamides is 1. The molecule has 0 amide bonds. The van der Waals surface area contributed by atoms with Gasteiger partial charge in [-0.3, -0.25) is 0 Å². The number of carbonyl (C=O) groups excluding carboxylic acids is 1. The minimum atomic E-state index is -3.97. The normalized spacial score (nSPS) is 11.8. The predicted octanol–water partition coefficient (Wildman–Crippen LogP) is 1.86. The summed E-state index contributed by atoms with van der Waals surface area (Å²) in [5.41, 5.74) is -0.201. The van der Waals surface area contributed by atoms with Crippen LogP contribution >= 0.6 is 0 Å². The van der Waals surface area contributed by atoms with Gasteiger partial charge in [0, 0.05) is 6.54 Å². The molecular weight excluding hydrogens is 285 g/mol. The maximum atomic E-state index is 13.2. The Balaban J connectivity index is 3.09. The van der Waals surface area contributed by atoms with Crippen LogP contribution in [0.3, 0.4) is 0 Å². The molecule has 0 atom stereocenters. The van der Waals surface area contributed by atoms with Gasteiger partial charge >= 0.3 is 5.97 Å². The van der Waals surface area contributed by atoms with E-state index in [1.165, 1.54) is 0 Å². The van der Waals surface area contributed by atoms with Gasteiger partial charge in [0.15, 0.2) is 0 Å². The number of nitrogens with one attached hydrogen (secondary N) is 1. The molecule has 0 aromatic heterocycles. The number of halogens is 1. The van der Waals surface area contributed by atoms with Crippen LogP contribution in [0.15, 0.2) is 35.2 Å². The van der Waals surface area contributed by atoms with Crippen molar-refractivity contribution in [2.45, 2.75) is 18.2 Å². The molecule has 7 heteroatoms. The lowest BCUT2D eigenvalue weighted by atomic mass is 10.2. The first-order valence-electron chi connectivity index (χ1n) is 5.91. The number of carbonyl (C=O) groups is 1. The molecule has 0 spiro atoms. The van der Waals surface area contributed by atoms with Crippen LogP contribution < -0.4 is 4.72 Å². The van der Waals surface area contributed by atoms with Gasteiger partial charge in [-0.15, -0.1) is 0 Å². The first kappa shape index (κ1) is 16.3. The number of hydrogen-bond acceptors (Lipinski definition) is 4. The summed E-state index contributed by atoms with van der Waals surface area (Å²) in [7, 11) is -2.85. The summed E-state index contributed by atoms with van der Waals surface area (Å²) in [5, 5.41) is 0. The number of hydrogen-bond donors (Lipinski definition) is 1. The summed E-state index contributed by atoms with van der Waals surface area (Å²) in [6.45, 7) is 1.97. The molecule has 1 rings (SSSR count). The zero-order valence-electron chi connectivity index (χ0n) is 11.2. The van der Waals surface area contributed by atoms with Crippen molar-refractivity contribution in [3.05, 3.63) is 41.7 Å². The van der Waals surface area contributed by atoms with Crippen LogP contribution in [-0.2, 0) is 14.8 Å². The van der Waals surface area contributed by atoms with E-state index in [0.717, 1.165) is 25.3 Å². The molecule has 0 aliphatic rings. The van der Waals surface area contributed by atoms with Crippen molar-refractivity contribution in [2.75, 3.05) is 13.7 Å². The van der Waals surface area contributed by atoms with Crippen molar-refractivity contribution in [3.8, 4) is 0 Å². The van der Waals surface area contributed by atoms with Crippen LogP contribution in [0, 0.1) is 5.82 Å². The number of rotatable bonds is 6. The Kier molecular flexibility index (Phi) is 5.84. The fraction of sp³-hybridized carbons (Fsp3) is 0.308. The molecule has 0 saturated heterocycles. The second-order valence-electron chi connectivity index (χ2n) is 3.89. The minimum Gasteiger partial charge on any atom is -0.465 e. The topological polar surface area (TPSA) is 72.5 Å². The van der Waals surface area contributed by atoms with Crippen LogP contribution in [0.2, 0.25) is 0 Å². The largest absolute Gasteiger partial charge is 0.465 e. The van der Waals surface area contributed by atoms with Crippen LogP contribution in [-0.4, -0.2) is 28.0 Å². The van der Waals surface area contributed by atoms with Crippen molar-refractivity contribution < 1.29 is 22.3 Å². The Morgan fingerprint density at radius 3 is 2.75 bits per heavy atom. The van der Waals surface area contributed by atoms with Gasteiger partial charge in [-0.1, -0.05) is 12.2 Å². The summed E-state index contributed by atoms with van der Waals surface area (Å²) >= 11 is 0. The fourth-order valence-corrected chi connectivity index (χ4v) is 2.77. The van der Waals surface area contributed by atoms with E-state index in [9.17, 15) is 17.6 Å². The first-order valence-corrected chi connectivity index (χ1v) is 7.39. The number of benzene rings is 1. The molecule has 5 nitrogen and oxygen atoms in total. The van der Waals surface area contributed by atoms with E-state index in [0.29, 0.717) is 6.42 Å². The lowest BCUT2D eigenvalue weighted by molar-refractivity contribution is 0.0596. The zero-order valence-corrected chi connectivity index (χ0v) is 12.0. The molecule has 20 heavy (non-hydrogen) atoms. The average Bonchev–Trinajstić information content (AvgIpc) is 2.42. The van der Waals surface area contributed by atoms with E-state index in [-0.39, 0.29) is 12.1 Å². The van der Waals surface area contributed by atoms with Gasteiger partial charge in [0.1, 0.15) is 5.82 Å². The molecule has 1 N–H and O–H groups in total. The molecule has 0 radical (unpaired) electrons. The highest BCUT2D eigenvalue weighted by atomic mass is 32.2. The van der Waals surface area contributed by atoms with Crippen LogP contribution in [0.4, 0.5) is 4.39 Å². The molecule has 0 fully saturated rings. The summed E-state index contributed by atoms with van der Waals surface area (Å²) in [6.07, 6.45) is 4.07. The molecule has 0 bridgehead atoms. The Hall–Kier alpha value is -1.73. The third kappa shape index (κ3) is 4.14. The Morgan fingerprint density at radius 2 is 2.15 bits per heavy atom. The Morgan fingerprint density at radius 1 is 1.45 bits per heavy atom. The smallest absolute Gasteiger partial charge is 0.339 e. The van der Waals surface area contributed by atoms with Crippen molar-refractivity contribution in [1.82, 2.24) is 4.72 Å². The molecule has 110 valence electrons. The summed E-state index contributed by atoms with van der Waals surface area (Å²) in [5.74, 6) is -1.58. The third-order valence-electron chi connectivity index (χ3n) is 2.48. The van der Waals surface area contributed by atoms with Gasteiger partial charge in [-0.25, -0.2) is 22.3 Å². The quantitative estimate of drug-likeness (QED) is 0.494. The lowest BCUT2D eigenvalue weighted by Gasteiger charge is -2.10. The van der Waals surface area contributed by atoms with Gasteiger partial charge in [0.2, 0.25) is 10.0 Å². The highest BCUT2D eigenvalue weighted by Crippen LogP contribution is 2.18. The van der Waals surface area contributed by atoms with E-state index in [4.69, 9.17) is 0 Å². The minimum absolute atomic E-state index is 0.157. The molecule has 1 aromatic rings. The van der Waals surface area contributed by atoms with Gasteiger partial charge in [0.25, 0.3) is 0 Å². The standard InChI is InChI=1S/C13H16FNO4S/c1-3-4-5-8-15-20(17,18)12-9-10(14)6-7-11(12)13(16)19-2/h3-4,6-7,9,15H,5,8H2,1-2H3/b4-3+. The first-order chi connectivity index (χ1) is 9.42. The van der Waals surface area contributed by atoms with Crippen molar-refractivity contribution in [1.29, 1.82) is 0 Å². The van der Waals surface area contributed by atoms with E-state index in [2.05, 4.69) is 9.46 Å². The van der Waals surface area contributed by atoms with E-state index >= 15 is 0 Å². The number of allylic oxidation sites excluding steroid dienone is 1. The molecular formula is C13H16FNO4S. The molecule has 0 heterocycles. The second kappa shape index (κ2) is 7.16. The average molecular weight is 301 g/mol. The third-order valence-corrected chi connectivity index (χ3v) is 3.98. The number of ether oxygens (including phenoxy) is 1. The maximum absolute atomic E-state index is 13.2. The van der Waals surface area contributed by atoms with E-state index in [1.54, 1.807) is 12.2 Å². The SMILES string of the molecule is C/C=C/CCNS(=O)(=O)c1cc(F)ccc1C(=O)OC. The van der Waals surface area contributed by atoms with Crippen molar-refractivity contribution in [3.63, 3.8) is 0 Å². The fourth-order valence-electron chi connectivity index (χ4n) is 1.52. The second-order valence-corrected chi connectivity index (χ2v) is 5.62. The van der Waals surface area contributed by atoms with E-state index in [1.807, 2.05) is 6.92 Å². The number of esters is 1. The van der Waals surface area contributed by atoms with Crippen LogP contribution in [0.5, 0.6) is 0 Å². The van der Waals surface area contributed by atoms with Crippen LogP contribution in [0.25, 0.3) is 0 Å². The number of methoxy groups -OCH3 is 1. The lowest BCUT2D eigenvalue weighted by Crippen LogP contribution is -2.26. The summed E-state index contributed by atoms with van der Waals surface area (Å²) in [4.78, 5) is 11.1. The zero-order chi connectivity index (χ0) is 15.2. The van der Waals surface area contributed by atoms with Gasteiger partial charge < -0.3 is 4.74 Å². The molecule has 0 aliphatic carbocycles. The molecule has 0 unspecified atom stereocenters. The van der Waals surface area contributed by atoms with Crippen molar-refractivity contribution >= 4 is 16.0 Å². The summed E-state index contributed by atoms with van der Waals surface area (Å²) < 4.78 is 44.2. The van der Waals surface area contributed by atoms with E-state index < -0.39 is 26.7 Å². The van der Waals surface area contributed by atoms with Gasteiger partial charge in [-0.05, 0) is 31.5 Å². The molecule has 0 saturated carbocycles. The Labute approximate surface area is 117 Å². The Bertz CT molecular complexity index is 611. The van der Waals surface area contributed by atoms with Gasteiger partial charge in [-0.2, -0.15) is 0 Å². The monoisotopic (exact) mass is 301 g/mol. The highest BCUT2D eigenvalue weighted by Gasteiger charge is 2.23. The maximum Gasteiger partial charge on any atom is 0.339 e. The molecule has 0 aliphatic heterocycles. The van der Waals surface area contributed by atoms with Crippen molar-refractivity contribution in [2.24, 2.45) is 0 Å². The summed E-state index contributed by atoms with van der Waals surface area (Å²) in [6, 6.07) is 2.89.